The van der Waals surface area contributed by atoms with Crippen molar-refractivity contribution in [2.24, 2.45) is 11.8 Å². The van der Waals surface area contributed by atoms with Gasteiger partial charge in [0.1, 0.15) is 0 Å². The fourth-order valence-corrected chi connectivity index (χ4v) is 2.90. The van der Waals surface area contributed by atoms with E-state index in [4.69, 9.17) is 5.73 Å². The number of anilines is 1. The summed E-state index contributed by atoms with van der Waals surface area (Å²) in [6, 6.07) is 8.46. The average Bonchev–Trinajstić information content (AvgIpc) is 2.20. The second kappa shape index (κ2) is 4.26. The molecule has 0 heterocycles. The second-order valence-electron chi connectivity index (χ2n) is 5.17. The minimum absolute atomic E-state index is 0.752. The first-order valence-corrected chi connectivity index (χ1v) is 6.02. The Kier molecular flexibility index (Phi) is 2.99. The van der Waals surface area contributed by atoms with Gasteiger partial charge in [-0.2, -0.15) is 0 Å². The molecule has 15 heavy (non-hydrogen) atoms. The van der Waals surface area contributed by atoms with E-state index in [0.29, 0.717) is 0 Å². The van der Waals surface area contributed by atoms with Gasteiger partial charge in [0.25, 0.3) is 0 Å². The highest BCUT2D eigenvalue weighted by atomic mass is 14.5. The van der Waals surface area contributed by atoms with Crippen LogP contribution in [0, 0.1) is 11.8 Å². The summed E-state index contributed by atoms with van der Waals surface area (Å²) in [4.78, 5) is 0. The number of nitrogen functional groups attached to an aromatic ring is 1. The van der Waals surface area contributed by atoms with Crippen LogP contribution in [0.15, 0.2) is 24.3 Å². The zero-order chi connectivity index (χ0) is 10.8. The van der Waals surface area contributed by atoms with Gasteiger partial charge in [0, 0.05) is 5.69 Å². The van der Waals surface area contributed by atoms with E-state index in [1.165, 1.54) is 24.8 Å². The van der Waals surface area contributed by atoms with Gasteiger partial charge < -0.3 is 5.73 Å². The molecular formula is C14H21N. The number of benzene rings is 1. The Bertz CT molecular complexity index is 315. The normalized spacial score (nSPS) is 31.5. The summed E-state index contributed by atoms with van der Waals surface area (Å²) in [7, 11) is 0. The van der Waals surface area contributed by atoms with Crippen LogP contribution >= 0.6 is 0 Å². The van der Waals surface area contributed by atoms with E-state index >= 15 is 0 Å². The van der Waals surface area contributed by atoms with Gasteiger partial charge in [0.2, 0.25) is 0 Å². The molecule has 0 saturated heterocycles. The average molecular weight is 203 g/mol. The minimum atomic E-state index is 0.752. The summed E-state index contributed by atoms with van der Waals surface area (Å²) >= 11 is 0. The molecule has 82 valence electrons. The third-order valence-electron chi connectivity index (χ3n) is 3.80. The third-order valence-corrected chi connectivity index (χ3v) is 3.80. The van der Waals surface area contributed by atoms with Gasteiger partial charge in [0.15, 0.2) is 0 Å². The van der Waals surface area contributed by atoms with Gasteiger partial charge in [-0.1, -0.05) is 32.4 Å². The monoisotopic (exact) mass is 203 g/mol. The van der Waals surface area contributed by atoms with Crippen molar-refractivity contribution in [2.75, 3.05) is 5.73 Å². The predicted octanol–water partition coefficient (Wildman–Crippen LogP) is 3.81. The Morgan fingerprint density at radius 3 is 2.33 bits per heavy atom. The van der Waals surface area contributed by atoms with Crippen LogP contribution in [0.4, 0.5) is 5.69 Å². The minimum Gasteiger partial charge on any atom is -0.399 e. The molecule has 1 fully saturated rings. The summed E-state index contributed by atoms with van der Waals surface area (Å²) in [5.74, 6) is 2.48. The highest BCUT2D eigenvalue weighted by Crippen LogP contribution is 2.39. The molecule has 3 atom stereocenters. The quantitative estimate of drug-likeness (QED) is 0.690. The van der Waals surface area contributed by atoms with E-state index in [2.05, 4.69) is 26.0 Å². The molecule has 1 aliphatic carbocycles. The Hall–Kier alpha value is -0.980. The molecule has 1 aromatic rings. The van der Waals surface area contributed by atoms with E-state index in [1.807, 2.05) is 12.1 Å². The third kappa shape index (κ3) is 2.34. The lowest BCUT2D eigenvalue weighted by Gasteiger charge is -2.33. The summed E-state index contributed by atoms with van der Waals surface area (Å²) in [6.07, 6.45) is 4.08. The summed E-state index contributed by atoms with van der Waals surface area (Å²) in [5, 5.41) is 0. The molecule has 1 aromatic carbocycles. The molecule has 3 unspecified atom stereocenters. The van der Waals surface area contributed by atoms with Gasteiger partial charge in [-0.15, -0.1) is 0 Å². The van der Waals surface area contributed by atoms with Crippen LogP contribution in [-0.2, 0) is 0 Å². The number of rotatable bonds is 1. The molecule has 0 aliphatic heterocycles. The van der Waals surface area contributed by atoms with Crippen LogP contribution in [0.2, 0.25) is 0 Å². The zero-order valence-electron chi connectivity index (χ0n) is 9.74. The maximum Gasteiger partial charge on any atom is 0.0314 e. The number of hydrogen-bond donors (Lipinski definition) is 1. The molecular weight excluding hydrogens is 182 g/mol. The first kappa shape index (κ1) is 10.5. The SMILES string of the molecule is CC1CCC(c2ccc(N)cc2)C(C)C1. The highest BCUT2D eigenvalue weighted by Gasteiger charge is 2.26. The molecule has 1 aliphatic rings. The first-order valence-electron chi connectivity index (χ1n) is 6.02. The highest BCUT2D eigenvalue weighted by molar-refractivity contribution is 5.40. The smallest absolute Gasteiger partial charge is 0.0314 e. The molecule has 1 nitrogen and oxygen atoms in total. The van der Waals surface area contributed by atoms with Crippen LogP contribution in [0.5, 0.6) is 0 Å². The molecule has 2 rings (SSSR count). The van der Waals surface area contributed by atoms with Gasteiger partial charge in [-0.05, 0) is 48.3 Å². The van der Waals surface area contributed by atoms with E-state index in [-0.39, 0.29) is 0 Å². The Labute approximate surface area is 92.7 Å². The molecule has 0 bridgehead atoms. The molecule has 0 radical (unpaired) electrons. The summed E-state index contributed by atoms with van der Waals surface area (Å²) < 4.78 is 0. The van der Waals surface area contributed by atoms with Crippen LogP contribution in [0.3, 0.4) is 0 Å². The van der Waals surface area contributed by atoms with Crippen LogP contribution < -0.4 is 5.73 Å². The lowest BCUT2D eigenvalue weighted by Crippen LogP contribution is -2.19. The van der Waals surface area contributed by atoms with Crippen molar-refractivity contribution < 1.29 is 0 Å². The molecule has 2 N–H and O–H groups in total. The van der Waals surface area contributed by atoms with Crippen molar-refractivity contribution in [2.45, 2.75) is 39.0 Å². The van der Waals surface area contributed by atoms with Crippen molar-refractivity contribution in [3.8, 4) is 0 Å². The van der Waals surface area contributed by atoms with Crippen molar-refractivity contribution in [1.82, 2.24) is 0 Å². The largest absolute Gasteiger partial charge is 0.399 e. The van der Waals surface area contributed by atoms with E-state index < -0.39 is 0 Å². The Morgan fingerprint density at radius 1 is 1.07 bits per heavy atom. The lowest BCUT2D eigenvalue weighted by atomic mass is 9.73. The second-order valence-corrected chi connectivity index (χ2v) is 5.17. The van der Waals surface area contributed by atoms with Crippen LogP contribution in [0.1, 0.15) is 44.6 Å². The fraction of sp³-hybridized carbons (Fsp3) is 0.571. The maximum absolute atomic E-state index is 5.71. The molecule has 0 aromatic heterocycles. The summed E-state index contributed by atoms with van der Waals surface area (Å²) in [5.41, 5.74) is 8.06. The van der Waals surface area contributed by atoms with Gasteiger partial charge in [-0.25, -0.2) is 0 Å². The fourth-order valence-electron chi connectivity index (χ4n) is 2.90. The summed E-state index contributed by atoms with van der Waals surface area (Å²) in [6.45, 7) is 4.76. The molecule has 1 saturated carbocycles. The van der Waals surface area contributed by atoms with Crippen molar-refractivity contribution >= 4 is 5.69 Å². The van der Waals surface area contributed by atoms with Gasteiger partial charge in [-0.3, -0.25) is 0 Å². The van der Waals surface area contributed by atoms with Gasteiger partial charge in [0.05, 0.1) is 0 Å². The Balaban J connectivity index is 2.13. The van der Waals surface area contributed by atoms with E-state index in [0.717, 1.165) is 23.4 Å². The van der Waals surface area contributed by atoms with Crippen molar-refractivity contribution in [3.63, 3.8) is 0 Å². The van der Waals surface area contributed by atoms with E-state index in [1.54, 1.807) is 0 Å². The predicted molar refractivity (Wildman–Crippen MR) is 65.8 cm³/mol. The standard InChI is InChI=1S/C14H21N/c1-10-3-8-14(11(2)9-10)12-4-6-13(15)7-5-12/h4-7,10-11,14H,3,8-9,15H2,1-2H3. The van der Waals surface area contributed by atoms with Crippen molar-refractivity contribution in [1.29, 1.82) is 0 Å². The van der Waals surface area contributed by atoms with Crippen molar-refractivity contribution in [3.05, 3.63) is 29.8 Å². The lowest BCUT2D eigenvalue weighted by molar-refractivity contribution is 0.262. The number of hydrogen-bond acceptors (Lipinski definition) is 1. The maximum atomic E-state index is 5.71. The zero-order valence-corrected chi connectivity index (χ0v) is 9.74. The molecule has 1 heteroatoms. The Morgan fingerprint density at radius 2 is 1.73 bits per heavy atom. The van der Waals surface area contributed by atoms with Crippen LogP contribution in [0.25, 0.3) is 0 Å². The van der Waals surface area contributed by atoms with Gasteiger partial charge >= 0.3 is 0 Å². The van der Waals surface area contributed by atoms with Crippen LogP contribution in [-0.4, -0.2) is 0 Å². The first-order chi connectivity index (χ1) is 7.16. The topological polar surface area (TPSA) is 26.0 Å². The molecule has 0 amide bonds. The van der Waals surface area contributed by atoms with E-state index in [9.17, 15) is 0 Å². The number of nitrogens with two attached hydrogens (primary N) is 1. The molecule has 0 spiro atoms.